The van der Waals surface area contributed by atoms with Gasteiger partial charge in [-0.3, -0.25) is 0 Å². The first-order valence-electron chi connectivity index (χ1n) is 4.19. The lowest BCUT2D eigenvalue weighted by Gasteiger charge is -2.03. The Morgan fingerprint density at radius 1 is 1.18 bits per heavy atom. The van der Waals surface area contributed by atoms with Crippen LogP contribution in [0.1, 0.15) is 13.3 Å². The summed E-state index contributed by atoms with van der Waals surface area (Å²) in [6.07, 6.45) is 1.08. The predicted octanol–water partition coefficient (Wildman–Crippen LogP) is 0.649. The topological polar surface area (TPSA) is 30.5 Å². The molecule has 0 aromatic rings. The second-order valence-electron chi connectivity index (χ2n) is 2.31. The molecular weight excluding hydrogens is 142 g/mol. The number of rotatable bonds is 8. The first-order valence-corrected chi connectivity index (χ1v) is 4.19. The summed E-state index contributed by atoms with van der Waals surface area (Å²) in [6, 6.07) is 0. The zero-order chi connectivity index (χ0) is 8.36. The van der Waals surface area contributed by atoms with Crippen molar-refractivity contribution in [3.63, 3.8) is 0 Å². The van der Waals surface area contributed by atoms with Gasteiger partial charge in [-0.05, 0) is 19.5 Å². The van der Waals surface area contributed by atoms with Crippen molar-refractivity contribution in [1.29, 1.82) is 0 Å². The first-order chi connectivity index (χ1) is 5.41. The molecule has 0 aliphatic rings. The molecule has 0 aliphatic heterocycles. The van der Waals surface area contributed by atoms with Crippen LogP contribution in [0.2, 0.25) is 0 Å². The minimum atomic E-state index is 0.696. The molecule has 0 spiro atoms. The molecule has 11 heavy (non-hydrogen) atoms. The van der Waals surface area contributed by atoms with Crippen molar-refractivity contribution in [2.75, 3.05) is 40.0 Å². The fourth-order valence-corrected chi connectivity index (χ4v) is 0.720. The Morgan fingerprint density at radius 3 is 2.64 bits per heavy atom. The van der Waals surface area contributed by atoms with Gasteiger partial charge in [0.25, 0.3) is 0 Å². The van der Waals surface area contributed by atoms with E-state index in [1.165, 1.54) is 0 Å². The maximum Gasteiger partial charge on any atom is 0.0700 e. The van der Waals surface area contributed by atoms with E-state index in [0.717, 1.165) is 26.1 Å². The second-order valence-corrected chi connectivity index (χ2v) is 2.31. The normalized spacial score (nSPS) is 10.4. The lowest BCUT2D eigenvalue weighted by molar-refractivity contribution is 0.0695. The SMILES string of the molecule is CCNCCCOCCOC. The van der Waals surface area contributed by atoms with Crippen molar-refractivity contribution in [1.82, 2.24) is 5.32 Å². The molecule has 0 saturated carbocycles. The highest BCUT2D eigenvalue weighted by Gasteiger charge is 1.87. The third-order valence-electron chi connectivity index (χ3n) is 1.32. The second kappa shape index (κ2) is 9.88. The summed E-state index contributed by atoms with van der Waals surface area (Å²) >= 11 is 0. The van der Waals surface area contributed by atoms with Gasteiger partial charge in [0, 0.05) is 13.7 Å². The quantitative estimate of drug-likeness (QED) is 0.530. The molecule has 0 bridgehead atoms. The highest BCUT2D eigenvalue weighted by molar-refractivity contribution is 4.42. The number of nitrogens with one attached hydrogen (secondary N) is 1. The molecule has 0 rings (SSSR count). The van der Waals surface area contributed by atoms with E-state index in [1.807, 2.05) is 0 Å². The minimum Gasteiger partial charge on any atom is -0.382 e. The lowest BCUT2D eigenvalue weighted by atomic mass is 10.4. The summed E-state index contributed by atoms with van der Waals surface area (Å²) in [5, 5.41) is 3.23. The zero-order valence-electron chi connectivity index (χ0n) is 7.56. The van der Waals surface area contributed by atoms with Crippen LogP contribution in [-0.2, 0) is 9.47 Å². The summed E-state index contributed by atoms with van der Waals surface area (Å²) < 4.78 is 10.1. The molecule has 0 unspecified atom stereocenters. The summed E-state index contributed by atoms with van der Waals surface area (Å²) in [6.45, 7) is 6.42. The van der Waals surface area contributed by atoms with Crippen LogP contribution in [0.4, 0.5) is 0 Å². The standard InChI is InChI=1S/C8H19NO2/c1-3-9-5-4-6-11-8-7-10-2/h9H,3-8H2,1-2H3. The predicted molar refractivity (Wildman–Crippen MR) is 45.9 cm³/mol. The van der Waals surface area contributed by atoms with Gasteiger partial charge in [0.05, 0.1) is 13.2 Å². The zero-order valence-corrected chi connectivity index (χ0v) is 7.56. The van der Waals surface area contributed by atoms with Crippen molar-refractivity contribution in [3.05, 3.63) is 0 Å². The number of ether oxygens (including phenoxy) is 2. The van der Waals surface area contributed by atoms with Crippen LogP contribution < -0.4 is 5.32 Å². The number of hydrogen-bond acceptors (Lipinski definition) is 3. The summed E-state index contributed by atoms with van der Waals surface area (Å²) in [7, 11) is 1.68. The van der Waals surface area contributed by atoms with E-state index in [2.05, 4.69) is 12.2 Å². The van der Waals surface area contributed by atoms with Gasteiger partial charge in [-0.15, -0.1) is 0 Å². The molecule has 0 saturated heterocycles. The van der Waals surface area contributed by atoms with Gasteiger partial charge in [-0.25, -0.2) is 0 Å². The summed E-state index contributed by atoms with van der Waals surface area (Å²) in [5.74, 6) is 0. The van der Waals surface area contributed by atoms with E-state index in [1.54, 1.807) is 7.11 Å². The molecule has 1 N–H and O–H groups in total. The third-order valence-corrected chi connectivity index (χ3v) is 1.32. The Balaban J connectivity index is 2.69. The molecule has 3 nitrogen and oxygen atoms in total. The van der Waals surface area contributed by atoms with Gasteiger partial charge >= 0.3 is 0 Å². The van der Waals surface area contributed by atoms with Crippen molar-refractivity contribution >= 4 is 0 Å². The highest BCUT2D eigenvalue weighted by atomic mass is 16.5. The van der Waals surface area contributed by atoms with Gasteiger partial charge in [-0.1, -0.05) is 6.92 Å². The first kappa shape index (κ1) is 10.9. The molecule has 0 aliphatic carbocycles. The summed E-state index contributed by atoms with van der Waals surface area (Å²) in [5.41, 5.74) is 0. The van der Waals surface area contributed by atoms with Crippen molar-refractivity contribution in [3.8, 4) is 0 Å². The monoisotopic (exact) mass is 161 g/mol. The van der Waals surface area contributed by atoms with Crippen LogP contribution >= 0.6 is 0 Å². The molecular formula is C8H19NO2. The molecule has 0 amide bonds. The van der Waals surface area contributed by atoms with E-state index in [9.17, 15) is 0 Å². The van der Waals surface area contributed by atoms with Gasteiger partial charge in [0.2, 0.25) is 0 Å². The maximum atomic E-state index is 5.26. The van der Waals surface area contributed by atoms with Crippen LogP contribution in [0.3, 0.4) is 0 Å². The van der Waals surface area contributed by atoms with Crippen molar-refractivity contribution in [2.24, 2.45) is 0 Å². The van der Waals surface area contributed by atoms with E-state index < -0.39 is 0 Å². The fourth-order valence-electron chi connectivity index (χ4n) is 0.720. The Morgan fingerprint density at radius 2 is 2.00 bits per heavy atom. The molecule has 0 aromatic heterocycles. The smallest absolute Gasteiger partial charge is 0.0700 e. The van der Waals surface area contributed by atoms with Gasteiger partial charge in [0.1, 0.15) is 0 Å². The van der Waals surface area contributed by atoms with E-state index in [-0.39, 0.29) is 0 Å². The van der Waals surface area contributed by atoms with E-state index >= 15 is 0 Å². The number of hydrogen-bond donors (Lipinski definition) is 1. The molecule has 0 radical (unpaired) electrons. The Labute approximate surface area is 69.1 Å². The van der Waals surface area contributed by atoms with Crippen LogP contribution in [0.25, 0.3) is 0 Å². The van der Waals surface area contributed by atoms with Gasteiger partial charge in [-0.2, -0.15) is 0 Å². The van der Waals surface area contributed by atoms with Gasteiger partial charge in [0.15, 0.2) is 0 Å². The van der Waals surface area contributed by atoms with E-state index in [4.69, 9.17) is 9.47 Å². The van der Waals surface area contributed by atoms with Crippen LogP contribution in [0.15, 0.2) is 0 Å². The maximum absolute atomic E-state index is 5.26. The average Bonchev–Trinajstić information content (AvgIpc) is 2.03. The fraction of sp³-hybridized carbons (Fsp3) is 1.00. The molecule has 3 heteroatoms. The third kappa shape index (κ3) is 9.88. The molecule has 0 atom stereocenters. The van der Waals surface area contributed by atoms with Crippen LogP contribution in [-0.4, -0.2) is 40.0 Å². The largest absolute Gasteiger partial charge is 0.382 e. The highest BCUT2D eigenvalue weighted by Crippen LogP contribution is 1.80. The van der Waals surface area contributed by atoms with E-state index in [0.29, 0.717) is 13.2 Å². The minimum absolute atomic E-state index is 0.696. The average molecular weight is 161 g/mol. The molecule has 0 heterocycles. The Bertz CT molecular complexity index is 61.1. The Kier molecular flexibility index (Phi) is 9.77. The molecule has 0 fully saturated rings. The molecule has 0 aromatic carbocycles. The van der Waals surface area contributed by atoms with Gasteiger partial charge < -0.3 is 14.8 Å². The summed E-state index contributed by atoms with van der Waals surface area (Å²) in [4.78, 5) is 0. The number of methoxy groups -OCH3 is 1. The van der Waals surface area contributed by atoms with Crippen molar-refractivity contribution in [2.45, 2.75) is 13.3 Å². The van der Waals surface area contributed by atoms with Crippen LogP contribution in [0, 0.1) is 0 Å². The molecule has 68 valence electrons. The van der Waals surface area contributed by atoms with Crippen LogP contribution in [0.5, 0.6) is 0 Å². The lowest BCUT2D eigenvalue weighted by Crippen LogP contribution is -2.16. The van der Waals surface area contributed by atoms with Crippen molar-refractivity contribution < 1.29 is 9.47 Å². The Hall–Kier alpha value is -0.120.